The minimum atomic E-state index is 0. The Bertz CT molecular complexity index is 529. The lowest BCUT2D eigenvalue weighted by molar-refractivity contribution is 0.0827. The summed E-state index contributed by atoms with van der Waals surface area (Å²) in [6.45, 7) is 5.40. The predicted octanol–water partition coefficient (Wildman–Crippen LogP) is 2.01. The molecule has 0 radical (unpaired) electrons. The van der Waals surface area contributed by atoms with E-state index in [-0.39, 0.29) is 29.9 Å². The van der Waals surface area contributed by atoms with E-state index in [4.69, 9.17) is 0 Å². The first-order valence-electron chi connectivity index (χ1n) is 8.41. The van der Waals surface area contributed by atoms with Crippen LogP contribution >= 0.6 is 24.0 Å². The van der Waals surface area contributed by atoms with Crippen LogP contribution in [0.3, 0.4) is 0 Å². The molecule has 1 aromatic carbocycles. The topological polar surface area (TPSA) is 60.0 Å². The van der Waals surface area contributed by atoms with Crippen LogP contribution in [0.15, 0.2) is 29.3 Å². The number of nitrogens with zero attached hydrogens (tertiary/aromatic N) is 3. The van der Waals surface area contributed by atoms with E-state index in [9.17, 15) is 4.79 Å². The molecule has 1 rings (SSSR count). The number of hydrogen-bond donors (Lipinski definition) is 2. The molecule has 0 unspecified atom stereocenters. The number of nitrogens with one attached hydrogen (secondary N) is 2. The van der Waals surface area contributed by atoms with Gasteiger partial charge in [0.05, 0.1) is 6.54 Å². The summed E-state index contributed by atoms with van der Waals surface area (Å²) in [6.07, 6.45) is 1.07. The van der Waals surface area contributed by atoms with Crippen LogP contribution in [0, 0.1) is 0 Å². The highest BCUT2D eigenvalue weighted by Crippen LogP contribution is 2.07. The van der Waals surface area contributed by atoms with Crippen LogP contribution < -0.4 is 10.6 Å². The van der Waals surface area contributed by atoms with Gasteiger partial charge in [-0.2, -0.15) is 0 Å². The Balaban J connectivity index is 0.00000576. The van der Waals surface area contributed by atoms with Crippen molar-refractivity contribution in [2.45, 2.75) is 19.9 Å². The summed E-state index contributed by atoms with van der Waals surface area (Å²) in [5.74, 6) is 0.839. The second-order valence-electron chi connectivity index (χ2n) is 6.18. The van der Waals surface area contributed by atoms with Gasteiger partial charge in [-0.3, -0.25) is 4.79 Å². The Kier molecular flexibility index (Phi) is 12.2. The minimum absolute atomic E-state index is 0. The molecule has 2 N–H and O–H groups in total. The van der Waals surface area contributed by atoms with Crippen molar-refractivity contribution >= 4 is 35.8 Å². The summed E-state index contributed by atoms with van der Waals surface area (Å²) in [5.41, 5.74) is 1.78. The number of carbonyl (C=O) groups excluding carboxylic acids is 1. The first kappa shape index (κ1) is 23.6. The Labute approximate surface area is 169 Å². The smallest absolute Gasteiger partial charge is 0.253 e. The molecule has 0 aliphatic rings. The van der Waals surface area contributed by atoms with Gasteiger partial charge in [-0.25, -0.2) is 4.99 Å². The maximum atomic E-state index is 11.9. The first-order chi connectivity index (χ1) is 11.4. The molecule has 0 aliphatic heterocycles. The Morgan fingerprint density at radius 2 is 1.72 bits per heavy atom. The van der Waals surface area contributed by atoms with E-state index in [1.165, 1.54) is 0 Å². The van der Waals surface area contributed by atoms with Gasteiger partial charge in [0.15, 0.2) is 5.96 Å². The second kappa shape index (κ2) is 12.9. The quantitative estimate of drug-likeness (QED) is 0.269. The average Bonchev–Trinajstić information content (AvgIpc) is 2.56. The Hall–Kier alpha value is -1.35. The maximum absolute atomic E-state index is 11.9. The molecule has 1 aromatic rings. The first-order valence-corrected chi connectivity index (χ1v) is 8.41. The molecule has 0 aliphatic carbocycles. The lowest BCUT2D eigenvalue weighted by Gasteiger charge is -2.13. The van der Waals surface area contributed by atoms with Gasteiger partial charge in [0.25, 0.3) is 5.91 Å². The third-order valence-corrected chi connectivity index (χ3v) is 3.45. The van der Waals surface area contributed by atoms with E-state index < -0.39 is 0 Å². The van der Waals surface area contributed by atoms with Gasteiger partial charge >= 0.3 is 0 Å². The summed E-state index contributed by atoms with van der Waals surface area (Å²) in [5, 5.41) is 6.59. The number of benzene rings is 1. The van der Waals surface area contributed by atoms with Crippen LogP contribution in [0.5, 0.6) is 0 Å². The Morgan fingerprint density at radius 3 is 2.24 bits per heavy atom. The summed E-state index contributed by atoms with van der Waals surface area (Å²) in [4.78, 5) is 20.2. The largest absolute Gasteiger partial charge is 0.357 e. The molecule has 7 heteroatoms. The molecule has 1 amide bonds. The summed E-state index contributed by atoms with van der Waals surface area (Å²) in [7, 11) is 7.66. The zero-order chi connectivity index (χ0) is 17.9. The fraction of sp³-hybridized carbons (Fsp3) is 0.556. The molecule has 0 spiro atoms. The van der Waals surface area contributed by atoms with Crippen molar-refractivity contribution in [1.82, 2.24) is 20.4 Å². The van der Waals surface area contributed by atoms with E-state index in [1.807, 2.05) is 24.3 Å². The van der Waals surface area contributed by atoms with Gasteiger partial charge in [-0.05, 0) is 51.7 Å². The number of rotatable bonds is 8. The highest BCUT2D eigenvalue weighted by atomic mass is 127. The molecule has 142 valence electrons. The van der Waals surface area contributed by atoms with Gasteiger partial charge in [-0.15, -0.1) is 24.0 Å². The lowest BCUT2D eigenvalue weighted by Crippen LogP contribution is -2.38. The standard InChI is InChI=1S/C18H31N5O.HI/c1-6-19-18(20-12-7-13-22(2)3)21-14-15-8-10-16(11-9-15)17(24)23(4)5;/h8-11H,6-7,12-14H2,1-5H3,(H2,19,20,21);1H. The number of halogens is 1. The van der Waals surface area contributed by atoms with E-state index >= 15 is 0 Å². The summed E-state index contributed by atoms with van der Waals surface area (Å²) < 4.78 is 0. The molecule has 25 heavy (non-hydrogen) atoms. The number of amides is 1. The number of hydrogen-bond acceptors (Lipinski definition) is 3. The third kappa shape index (κ3) is 9.64. The molecule has 0 saturated heterocycles. The van der Waals surface area contributed by atoms with Crippen LogP contribution in [0.4, 0.5) is 0 Å². The highest BCUT2D eigenvalue weighted by Gasteiger charge is 2.07. The fourth-order valence-electron chi connectivity index (χ4n) is 2.13. The van der Waals surface area contributed by atoms with Gasteiger partial charge in [0, 0.05) is 32.7 Å². The van der Waals surface area contributed by atoms with Crippen molar-refractivity contribution in [2.24, 2.45) is 4.99 Å². The monoisotopic (exact) mass is 461 g/mol. The minimum Gasteiger partial charge on any atom is -0.357 e. The predicted molar refractivity (Wildman–Crippen MR) is 116 cm³/mol. The van der Waals surface area contributed by atoms with Crippen LogP contribution in [-0.4, -0.2) is 69.5 Å². The number of carbonyl (C=O) groups is 1. The van der Waals surface area contributed by atoms with Gasteiger partial charge in [0.1, 0.15) is 0 Å². The van der Waals surface area contributed by atoms with E-state index in [0.29, 0.717) is 12.1 Å². The van der Waals surface area contributed by atoms with E-state index in [0.717, 1.165) is 37.6 Å². The maximum Gasteiger partial charge on any atom is 0.253 e. The van der Waals surface area contributed by atoms with Crippen LogP contribution in [0.25, 0.3) is 0 Å². The Morgan fingerprint density at radius 1 is 1.08 bits per heavy atom. The normalized spacial score (nSPS) is 11.0. The van der Waals surface area contributed by atoms with Crippen molar-refractivity contribution in [3.05, 3.63) is 35.4 Å². The molecule has 0 heterocycles. The highest BCUT2D eigenvalue weighted by molar-refractivity contribution is 14.0. The summed E-state index contributed by atoms with van der Waals surface area (Å²) >= 11 is 0. The van der Waals surface area contributed by atoms with E-state index in [1.54, 1.807) is 19.0 Å². The van der Waals surface area contributed by atoms with Crippen molar-refractivity contribution in [3.8, 4) is 0 Å². The van der Waals surface area contributed by atoms with Gasteiger partial charge < -0.3 is 20.4 Å². The van der Waals surface area contributed by atoms with Crippen LogP contribution in [-0.2, 0) is 6.54 Å². The molecule has 0 aromatic heterocycles. The van der Waals surface area contributed by atoms with Crippen molar-refractivity contribution in [3.63, 3.8) is 0 Å². The van der Waals surface area contributed by atoms with Gasteiger partial charge in [0.2, 0.25) is 0 Å². The zero-order valence-corrected chi connectivity index (χ0v) is 18.3. The lowest BCUT2D eigenvalue weighted by atomic mass is 10.1. The number of guanidine groups is 1. The summed E-state index contributed by atoms with van der Waals surface area (Å²) in [6, 6.07) is 7.61. The molecule has 6 nitrogen and oxygen atoms in total. The van der Waals surface area contributed by atoms with Gasteiger partial charge in [-0.1, -0.05) is 12.1 Å². The molecule has 0 bridgehead atoms. The second-order valence-corrected chi connectivity index (χ2v) is 6.18. The van der Waals surface area contributed by atoms with Crippen LogP contribution in [0.2, 0.25) is 0 Å². The molecule has 0 atom stereocenters. The zero-order valence-electron chi connectivity index (χ0n) is 16.0. The van der Waals surface area contributed by atoms with Crippen molar-refractivity contribution in [1.29, 1.82) is 0 Å². The molecular formula is C18H32IN5O. The fourth-order valence-corrected chi connectivity index (χ4v) is 2.13. The third-order valence-electron chi connectivity index (χ3n) is 3.45. The average molecular weight is 461 g/mol. The van der Waals surface area contributed by atoms with Crippen LogP contribution in [0.1, 0.15) is 29.3 Å². The van der Waals surface area contributed by atoms with Crippen molar-refractivity contribution in [2.75, 3.05) is 47.8 Å². The van der Waals surface area contributed by atoms with E-state index in [2.05, 4.69) is 41.5 Å². The molecular weight excluding hydrogens is 429 g/mol. The number of aliphatic imine (C=N–C) groups is 1. The van der Waals surface area contributed by atoms with Crippen molar-refractivity contribution < 1.29 is 4.79 Å². The molecule has 0 saturated carbocycles. The molecule has 0 fully saturated rings. The SMILES string of the molecule is CCNC(=NCc1ccc(C(=O)N(C)C)cc1)NCCCN(C)C.I.